The number of carboxylic acids is 1. The highest BCUT2D eigenvalue weighted by Crippen LogP contribution is 2.13. The van der Waals surface area contributed by atoms with Crippen LogP contribution in [0.1, 0.15) is 22.5 Å². The van der Waals surface area contributed by atoms with E-state index in [1.54, 1.807) is 0 Å². The fourth-order valence-electron chi connectivity index (χ4n) is 1.92. The molecule has 0 radical (unpaired) electrons. The number of carbonyl (C=O) groups is 1. The standard InChI is InChI=1S/C11H16N2O3/c14-11(15)9-2-7-16-10(9)8-13-5-1-3-12-4-6-13/h2,7,12H,1,3-6,8H2,(H,14,15). The highest BCUT2D eigenvalue weighted by atomic mass is 16.4. The summed E-state index contributed by atoms with van der Waals surface area (Å²) in [5.41, 5.74) is 0.275. The molecule has 1 aromatic heterocycles. The average Bonchev–Trinajstić information content (AvgIpc) is 2.55. The van der Waals surface area contributed by atoms with Gasteiger partial charge in [0.05, 0.1) is 12.8 Å². The summed E-state index contributed by atoms with van der Waals surface area (Å²) < 4.78 is 5.23. The smallest absolute Gasteiger partial charge is 0.339 e. The molecule has 16 heavy (non-hydrogen) atoms. The van der Waals surface area contributed by atoms with Crippen LogP contribution in [0.15, 0.2) is 16.7 Å². The Labute approximate surface area is 94.0 Å². The van der Waals surface area contributed by atoms with Gasteiger partial charge in [-0.15, -0.1) is 0 Å². The monoisotopic (exact) mass is 224 g/mol. The number of nitrogens with zero attached hydrogens (tertiary/aromatic N) is 1. The number of aromatic carboxylic acids is 1. The van der Waals surface area contributed by atoms with E-state index in [1.165, 1.54) is 12.3 Å². The van der Waals surface area contributed by atoms with E-state index >= 15 is 0 Å². The van der Waals surface area contributed by atoms with E-state index in [2.05, 4.69) is 10.2 Å². The second kappa shape index (κ2) is 5.14. The van der Waals surface area contributed by atoms with Crippen LogP contribution < -0.4 is 5.32 Å². The first-order valence-corrected chi connectivity index (χ1v) is 5.50. The van der Waals surface area contributed by atoms with Gasteiger partial charge in [-0.05, 0) is 25.6 Å². The molecular weight excluding hydrogens is 208 g/mol. The van der Waals surface area contributed by atoms with Crippen molar-refractivity contribution in [3.05, 3.63) is 23.7 Å². The number of hydrogen-bond acceptors (Lipinski definition) is 4. The van der Waals surface area contributed by atoms with Gasteiger partial charge in [0.25, 0.3) is 0 Å². The Hall–Kier alpha value is -1.33. The van der Waals surface area contributed by atoms with E-state index < -0.39 is 5.97 Å². The van der Waals surface area contributed by atoms with Crippen LogP contribution in [0.2, 0.25) is 0 Å². The maximum absolute atomic E-state index is 10.9. The molecule has 1 fully saturated rings. The van der Waals surface area contributed by atoms with Gasteiger partial charge in [0.1, 0.15) is 11.3 Å². The van der Waals surface area contributed by atoms with Gasteiger partial charge in [-0.1, -0.05) is 0 Å². The zero-order valence-electron chi connectivity index (χ0n) is 9.11. The van der Waals surface area contributed by atoms with Crippen LogP contribution in [0, 0.1) is 0 Å². The van der Waals surface area contributed by atoms with E-state index in [9.17, 15) is 4.79 Å². The second-order valence-electron chi connectivity index (χ2n) is 3.94. The molecule has 0 aromatic carbocycles. The predicted octanol–water partition coefficient (Wildman–Crippen LogP) is 0.773. The number of furan rings is 1. The Bertz CT molecular complexity index is 354. The van der Waals surface area contributed by atoms with E-state index in [1.807, 2.05) is 0 Å². The van der Waals surface area contributed by atoms with Crippen LogP contribution in [0.3, 0.4) is 0 Å². The molecular formula is C11H16N2O3. The van der Waals surface area contributed by atoms with Gasteiger partial charge in [0, 0.05) is 13.1 Å². The summed E-state index contributed by atoms with van der Waals surface area (Å²) in [4.78, 5) is 13.1. The van der Waals surface area contributed by atoms with Crippen molar-refractivity contribution >= 4 is 5.97 Å². The molecule has 1 aliphatic heterocycles. The molecule has 0 atom stereocenters. The van der Waals surface area contributed by atoms with Crippen molar-refractivity contribution in [2.75, 3.05) is 26.2 Å². The quantitative estimate of drug-likeness (QED) is 0.794. The van der Waals surface area contributed by atoms with E-state index in [-0.39, 0.29) is 5.56 Å². The summed E-state index contributed by atoms with van der Waals surface area (Å²) >= 11 is 0. The van der Waals surface area contributed by atoms with Crippen LogP contribution in [0.4, 0.5) is 0 Å². The largest absolute Gasteiger partial charge is 0.478 e. The Kier molecular flexibility index (Phi) is 3.58. The molecule has 0 aliphatic carbocycles. The number of hydrogen-bond donors (Lipinski definition) is 2. The maximum atomic E-state index is 10.9. The third kappa shape index (κ3) is 2.62. The van der Waals surface area contributed by atoms with E-state index in [0.29, 0.717) is 12.3 Å². The lowest BCUT2D eigenvalue weighted by molar-refractivity contribution is 0.0692. The first-order chi connectivity index (χ1) is 7.77. The molecule has 0 unspecified atom stereocenters. The Morgan fingerprint density at radius 3 is 3.19 bits per heavy atom. The highest BCUT2D eigenvalue weighted by molar-refractivity contribution is 5.88. The van der Waals surface area contributed by atoms with Crippen molar-refractivity contribution in [3.8, 4) is 0 Å². The van der Waals surface area contributed by atoms with Gasteiger partial charge >= 0.3 is 5.97 Å². The SMILES string of the molecule is O=C(O)c1ccoc1CN1CCCNCC1. The zero-order chi connectivity index (χ0) is 11.4. The summed E-state index contributed by atoms with van der Waals surface area (Å²) in [6.07, 6.45) is 2.53. The first kappa shape index (κ1) is 11.2. The molecule has 0 amide bonds. The summed E-state index contributed by atoms with van der Waals surface area (Å²) in [5, 5.41) is 12.3. The lowest BCUT2D eigenvalue weighted by Gasteiger charge is -2.17. The molecule has 2 heterocycles. The Balaban J connectivity index is 2.01. The van der Waals surface area contributed by atoms with Crippen LogP contribution >= 0.6 is 0 Å². The molecule has 1 aromatic rings. The molecule has 0 spiro atoms. The molecule has 1 aliphatic rings. The van der Waals surface area contributed by atoms with Gasteiger partial charge in [0.15, 0.2) is 0 Å². The van der Waals surface area contributed by atoms with Crippen molar-refractivity contribution in [3.63, 3.8) is 0 Å². The normalized spacial score (nSPS) is 18.2. The Morgan fingerprint density at radius 2 is 2.38 bits per heavy atom. The predicted molar refractivity (Wildman–Crippen MR) is 58.4 cm³/mol. The van der Waals surface area contributed by atoms with Crippen molar-refractivity contribution < 1.29 is 14.3 Å². The van der Waals surface area contributed by atoms with Gasteiger partial charge in [0.2, 0.25) is 0 Å². The van der Waals surface area contributed by atoms with Gasteiger partial charge in [-0.2, -0.15) is 0 Å². The van der Waals surface area contributed by atoms with Crippen molar-refractivity contribution in [1.82, 2.24) is 10.2 Å². The van der Waals surface area contributed by atoms with Gasteiger partial charge in [-0.3, -0.25) is 4.90 Å². The number of nitrogens with one attached hydrogen (secondary N) is 1. The molecule has 88 valence electrons. The lowest BCUT2D eigenvalue weighted by Crippen LogP contribution is -2.28. The minimum atomic E-state index is -0.920. The lowest BCUT2D eigenvalue weighted by atomic mass is 10.2. The summed E-state index contributed by atoms with van der Waals surface area (Å²) in [5.74, 6) is -0.369. The van der Waals surface area contributed by atoms with E-state index in [4.69, 9.17) is 9.52 Å². The molecule has 0 saturated carbocycles. The van der Waals surface area contributed by atoms with Crippen LogP contribution in [-0.4, -0.2) is 42.2 Å². The van der Waals surface area contributed by atoms with Gasteiger partial charge in [-0.25, -0.2) is 4.79 Å². The fraction of sp³-hybridized carbons (Fsp3) is 0.545. The second-order valence-corrected chi connectivity index (χ2v) is 3.94. The van der Waals surface area contributed by atoms with Crippen molar-refractivity contribution in [2.24, 2.45) is 0 Å². The average molecular weight is 224 g/mol. The zero-order valence-corrected chi connectivity index (χ0v) is 9.11. The molecule has 2 rings (SSSR count). The molecule has 5 heteroatoms. The van der Waals surface area contributed by atoms with Crippen molar-refractivity contribution in [1.29, 1.82) is 0 Å². The molecule has 2 N–H and O–H groups in total. The third-order valence-corrected chi connectivity index (χ3v) is 2.78. The van der Waals surface area contributed by atoms with Crippen LogP contribution in [0.25, 0.3) is 0 Å². The van der Waals surface area contributed by atoms with Crippen LogP contribution in [0.5, 0.6) is 0 Å². The minimum absolute atomic E-state index is 0.275. The number of rotatable bonds is 3. The Morgan fingerprint density at radius 1 is 1.50 bits per heavy atom. The van der Waals surface area contributed by atoms with Gasteiger partial charge < -0.3 is 14.8 Å². The topological polar surface area (TPSA) is 65.7 Å². The molecule has 0 bridgehead atoms. The first-order valence-electron chi connectivity index (χ1n) is 5.50. The van der Waals surface area contributed by atoms with E-state index in [0.717, 1.165) is 32.6 Å². The summed E-state index contributed by atoms with van der Waals surface area (Å²) in [6.45, 7) is 4.46. The highest BCUT2D eigenvalue weighted by Gasteiger charge is 2.17. The molecule has 5 nitrogen and oxygen atoms in total. The third-order valence-electron chi connectivity index (χ3n) is 2.78. The summed E-state index contributed by atoms with van der Waals surface area (Å²) in [6, 6.07) is 1.51. The minimum Gasteiger partial charge on any atom is -0.478 e. The summed E-state index contributed by atoms with van der Waals surface area (Å²) in [7, 11) is 0. The fourth-order valence-corrected chi connectivity index (χ4v) is 1.92. The van der Waals surface area contributed by atoms with Crippen LogP contribution in [-0.2, 0) is 6.54 Å². The number of carboxylic acid groups (broad SMARTS) is 1. The van der Waals surface area contributed by atoms with Crippen molar-refractivity contribution in [2.45, 2.75) is 13.0 Å². The maximum Gasteiger partial charge on any atom is 0.339 e. The molecule has 1 saturated heterocycles.